The predicted octanol–water partition coefficient (Wildman–Crippen LogP) is 14.2. The second kappa shape index (κ2) is 12.3. The Kier molecular flexibility index (Phi) is 7.49. The standard InChI is InChI=1S/C50H49N/c1-50(2)46-18-10-8-17-42(46)45-31-44(39-23-22-34-12-6-7-15-37(34)30-39)49(32-47(45)50)51(48-19-11-9-16-41(48)35-13-4-3-5-14-35)40-26-24-36(25-27-40)43-29-33-20-21-38(43)28-33/h6-12,15-19,22-27,30-33,35,38,43H,3-5,13-14,20-21,28-29H2,1-2H3. The van der Waals surface area contributed by atoms with E-state index in [4.69, 9.17) is 0 Å². The third-order valence-corrected chi connectivity index (χ3v) is 13.5. The number of hydrogen-bond acceptors (Lipinski definition) is 1. The lowest BCUT2D eigenvalue weighted by Gasteiger charge is -2.34. The van der Waals surface area contributed by atoms with Crippen LogP contribution in [-0.2, 0) is 5.41 Å². The van der Waals surface area contributed by atoms with Crippen LogP contribution in [0.15, 0.2) is 127 Å². The van der Waals surface area contributed by atoms with Crippen LogP contribution in [0.25, 0.3) is 33.0 Å². The van der Waals surface area contributed by atoms with Crippen LogP contribution in [0, 0.1) is 11.8 Å². The minimum absolute atomic E-state index is 0.0945. The molecule has 0 spiro atoms. The van der Waals surface area contributed by atoms with Crippen molar-refractivity contribution in [3.8, 4) is 22.3 Å². The van der Waals surface area contributed by atoms with E-state index in [2.05, 4.69) is 146 Å². The molecule has 0 amide bonds. The van der Waals surface area contributed by atoms with Gasteiger partial charge in [-0.1, -0.05) is 131 Å². The summed E-state index contributed by atoms with van der Waals surface area (Å²) >= 11 is 0. The lowest BCUT2D eigenvalue weighted by atomic mass is 9.81. The summed E-state index contributed by atoms with van der Waals surface area (Å²) in [7, 11) is 0. The maximum Gasteiger partial charge on any atom is 0.0543 e. The topological polar surface area (TPSA) is 3.24 Å². The number of anilines is 3. The third kappa shape index (κ3) is 5.18. The van der Waals surface area contributed by atoms with Crippen LogP contribution >= 0.6 is 0 Å². The van der Waals surface area contributed by atoms with Crippen LogP contribution in [0.4, 0.5) is 17.1 Å². The maximum atomic E-state index is 2.65. The molecule has 4 aliphatic rings. The van der Waals surface area contributed by atoms with E-state index in [1.54, 1.807) is 5.56 Å². The smallest absolute Gasteiger partial charge is 0.0543 e. The molecule has 3 unspecified atom stereocenters. The number of rotatable bonds is 6. The average Bonchev–Trinajstić information content (AvgIpc) is 3.88. The van der Waals surface area contributed by atoms with Gasteiger partial charge in [0.25, 0.3) is 0 Å². The van der Waals surface area contributed by atoms with Crippen LogP contribution in [0.2, 0.25) is 0 Å². The van der Waals surface area contributed by atoms with Crippen molar-refractivity contribution in [3.05, 3.63) is 150 Å². The van der Waals surface area contributed by atoms with E-state index in [0.29, 0.717) is 5.92 Å². The Balaban J connectivity index is 1.21. The van der Waals surface area contributed by atoms with Gasteiger partial charge in [-0.15, -0.1) is 0 Å². The van der Waals surface area contributed by atoms with Gasteiger partial charge in [0.2, 0.25) is 0 Å². The number of hydrogen-bond donors (Lipinski definition) is 0. The summed E-state index contributed by atoms with van der Waals surface area (Å²) in [5.74, 6) is 3.14. The van der Waals surface area contributed by atoms with Gasteiger partial charge >= 0.3 is 0 Å². The second-order valence-corrected chi connectivity index (χ2v) is 16.7. The fourth-order valence-electron chi connectivity index (χ4n) is 10.9. The summed E-state index contributed by atoms with van der Waals surface area (Å²) in [6.07, 6.45) is 12.2. The van der Waals surface area contributed by atoms with E-state index in [-0.39, 0.29) is 5.41 Å². The Morgan fingerprint density at radius 3 is 2.12 bits per heavy atom. The first-order chi connectivity index (χ1) is 25.0. The van der Waals surface area contributed by atoms with E-state index in [9.17, 15) is 0 Å². The van der Waals surface area contributed by atoms with E-state index >= 15 is 0 Å². The van der Waals surface area contributed by atoms with Crippen LogP contribution < -0.4 is 4.90 Å². The molecule has 51 heavy (non-hydrogen) atoms. The van der Waals surface area contributed by atoms with Crippen molar-refractivity contribution in [1.82, 2.24) is 0 Å². The Morgan fingerprint density at radius 2 is 1.31 bits per heavy atom. The molecule has 3 saturated carbocycles. The third-order valence-electron chi connectivity index (χ3n) is 13.5. The van der Waals surface area contributed by atoms with Crippen molar-refractivity contribution in [3.63, 3.8) is 0 Å². The molecule has 6 aromatic rings. The highest BCUT2D eigenvalue weighted by molar-refractivity contribution is 5.97. The highest BCUT2D eigenvalue weighted by Gasteiger charge is 2.40. The molecule has 3 atom stereocenters. The Labute approximate surface area is 304 Å². The fourth-order valence-corrected chi connectivity index (χ4v) is 10.9. The van der Waals surface area contributed by atoms with E-state index in [1.807, 2.05) is 0 Å². The molecule has 0 N–H and O–H groups in total. The van der Waals surface area contributed by atoms with Crippen LogP contribution in [0.3, 0.4) is 0 Å². The van der Waals surface area contributed by atoms with E-state index in [1.165, 1.54) is 125 Å². The molecule has 6 aromatic carbocycles. The number of nitrogens with zero attached hydrogens (tertiary/aromatic N) is 1. The summed E-state index contributed by atoms with van der Waals surface area (Å²) in [5, 5.41) is 2.57. The first-order valence-electron chi connectivity index (χ1n) is 19.8. The Morgan fingerprint density at radius 1 is 0.549 bits per heavy atom. The summed E-state index contributed by atoms with van der Waals surface area (Å²) < 4.78 is 0. The normalized spacial score (nSPS) is 21.9. The van der Waals surface area contributed by atoms with Gasteiger partial charge in [-0.3, -0.25) is 0 Å². The molecule has 3 fully saturated rings. The van der Waals surface area contributed by atoms with Crippen molar-refractivity contribution >= 4 is 27.8 Å². The van der Waals surface area contributed by atoms with Gasteiger partial charge in [0.05, 0.1) is 5.69 Å². The number of para-hydroxylation sites is 1. The summed E-state index contributed by atoms with van der Waals surface area (Å²) in [4.78, 5) is 2.65. The van der Waals surface area contributed by atoms with E-state index < -0.39 is 0 Å². The van der Waals surface area contributed by atoms with Crippen molar-refractivity contribution in [1.29, 1.82) is 0 Å². The maximum absolute atomic E-state index is 2.65. The first-order valence-corrected chi connectivity index (χ1v) is 19.8. The minimum Gasteiger partial charge on any atom is -0.310 e. The van der Waals surface area contributed by atoms with Crippen LogP contribution in [0.5, 0.6) is 0 Å². The minimum atomic E-state index is -0.0945. The highest BCUT2D eigenvalue weighted by Crippen LogP contribution is 2.56. The lowest BCUT2D eigenvalue weighted by Crippen LogP contribution is -2.19. The van der Waals surface area contributed by atoms with Crippen molar-refractivity contribution < 1.29 is 0 Å². The van der Waals surface area contributed by atoms with Gasteiger partial charge in [-0.05, 0) is 142 Å². The molecule has 0 radical (unpaired) electrons. The van der Waals surface area contributed by atoms with Crippen LogP contribution in [0.1, 0.15) is 106 Å². The molecule has 1 nitrogen and oxygen atoms in total. The van der Waals surface area contributed by atoms with Crippen molar-refractivity contribution in [2.24, 2.45) is 11.8 Å². The lowest BCUT2D eigenvalue weighted by molar-refractivity contribution is 0.420. The number of benzene rings is 6. The van der Waals surface area contributed by atoms with Gasteiger partial charge in [0, 0.05) is 22.4 Å². The molecule has 10 rings (SSSR count). The SMILES string of the molecule is CC1(C)c2ccccc2-c2cc(-c3ccc4ccccc4c3)c(N(c3ccc(C4CC5CCC4C5)cc3)c3ccccc3C3CCCCC3)cc21. The molecule has 0 aliphatic heterocycles. The zero-order valence-electron chi connectivity index (χ0n) is 30.2. The molecule has 0 aromatic heterocycles. The molecule has 0 saturated heterocycles. The summed E-state index contributed by atoms with van der Waals surface area (Å²) in [6, 6.07) is 49.3. The van der Waals surface area contributed by atoms with E-state index in [0.717, 1.165) is 17.8 Å². The summed E-state index contributed by atoms with van der Waals surface area (Å²) in [5.41, 5.74) is 15.0. The highest BCUT2D eigenvalue weighted by atomic mass is 15.1. The largest absolute Gasteiger partial charge is 0.310 e. The molecule has 0 heterocycles. The van der Waals surface area contributed by atoms with Crippen LogP contribution in [-0.4, -0.2) is 0 Å². The quantitative estimate of drug-likeness (QED) is 0.171. The van der Waals surface area contributed by atoms with Gasteiger partial charge in [0.15, 0.2) is 0 Å². The Hall–Kier alpha value is -4.62. The molecule has 4 aliphatic carbocycles. The molecular weight excluding hydrogens is 615 g/mol. The van der Waals surface area contributed by atoms with Gasteiger partial charge < -0.3 is 4.90 Å². The van der Waals surface area contributed by atoms with Gasteiger partial charge in [-0.2, -0.15) is 0 Å². The first kappa shape index (κ1) is 31.1. The monoisotopic (exact) mass is 663 g/mol. The fraction of sp³-hybridized carbons (Fsp3) is 0.320. The Bertz CT molecular complexity index is 2250. The molecule has 1 heteroatoms. The summed E-state index contributed by atoms with van der Waals surface area (Å²) in [6.45, 7) is 4.84. The molecule has 2 bridgehead atoms. The zero-order chi connectivity index (χ0) is 34.1. The van der Waals surface area contributed by atoms with Gasteiger partial charge in [-0.25, -0.2) is 0 Å². The number of fused-ring (bicyclic) bond motifs is 6. The molecule has 254 valence electrons. The van der Waals surface area contributed by atoms with Gasteiger partial charge in [0.1, 0.15) is 0 Å². The zero-order valence-corrected chi connectivity index (χ0v) is 30.2. The van der Waals surface area contributed by atoms with Crippen molar-refractivity contribution in [2.45, 2.75) is 88.9 Å². The predicted molar refractivity (Wildman–Crippen MR) is 216 cm³/mol. The molecular formula is C50H49N. The average molecular weight is 664 g/mol. The second-order valence-electron chi connectivity index (χ2n) is 16.7. The van der Waals surface area contributed by atoms with Crippen molar-refractivity contribution in [2.75, 3.05) is 4.90 Å².